The lowest BCUT2D eigenvalue weighted by Gasteiger charge is -2.24. The summed E-state index contributed by atoms with van der Waals surface area (Å²) < 4.78 is 13.5. The van der Waals surface area contributed by atoms with Crippen molar-refractivity contribution >= 4 is 12.1 Å². The highest BCUT2D eigenvalue weighted by Gasteiger charge is 2.27. The summed E-state index contributed by atoms with van der Waals surface area (Å²) in [5, 5.41) is 4.09. The second kappa shape index (κ2) is 7.64. The van der Waals surface area contributed by atoms with Gasteiger partial charge in [0.25, 0.3) is 5.91 Å². The smallest absolute Gasteiger partial charge is 0.284 e. The number of hydrogen-bond acceptors (Lipinski definition) is 4. The summed E-state index contributed by atoms with van der Waals surface area (Å²) in [7, 11) is 0. The monoisotopic (exact) mass is 355 g/mol. The van der Waals surface area contributed by atoms with E-state index in [0.717, 1.165) is 17.8 Å². The molecule has 1 N–H and O–H groups in total. The number of aryl methyl sites for hydroxylation is 1. The lowest BCUT2D eigenvalue weighted by Crippen LogP contribution is -2.42. The molecule has 0 aliphatic carbocycles. The zero-order valence-corrected chi connectivity index (χ0v) is 15.7. The summed E-state index contributed by atoms with van der Waals surface area (Å²) >= 11 is 0. The molecule has 1 aromatic carbocycles. The van der Waals surface area contributed by atoms with Crippen LogP contribution in [0, 0.1) is 19.8 Å². The molecule has 1 aliphatic heterocycles. The molecule has 3 rings (SSSR count). The molecule has 26 heavy (non-hydrogen) atoms. The third-order valence-electron chi connectivity index (χ3n) is 4.34. The van der Waals surface area contributed by atoms with Crippen LogP contribution in [0.1, 0.15) is 30.8 Å². The molecule has 0 saturated carbocycles. The van der Waals surface area contributed by atoms with Crippen LogP contribution in [0.5, 0.6) is 11.5 Å². The predicted molar refractivity (Wildman–Crippen MR) is 101 cm³/mol. The number of amides is 1. The third kappa shape index (κ3) is 3.90. The van der Waals surface area contributed by atoms with Gasteiger partial charge in [0, 0.05) is 23.5 Å². The molecule has 0 fully saturated rings. The van der Waals surface area contributed by atoms with Crippen molar-refractivity contribution in [1.82, 2.24) is 9.99 Å². The number of nitrogens with zero attached hydrogens (tertiary/aromatic N) is 2. The van der Waals surface area contributed by atoms with E-state index in [0.29, 0.717) is 17.4 Å². The molecule has 0 radical (unpaired) electrons. The van der Waals surface area contributed by atoms with E-state index in [-0.39, 0.29) is 12.5 Å². The lowest BCUT2D eigenvalue weighted by atomic mass is 10.2. The van der Waals surface area contributed by atoms with Gasteiger partial charge in [0.05, 0.1) is 6.21 Å². The number of rotatable bonds is 5. The van der Waals surface area contributed by atoms with Crippen molar-refractivity contribution in [3.63, 3.8) is 0 Å². The van der Waals surface area contributed by atoms with Crippen LogP contribution in [0.2, 0.25) is 0 Å². The summed E-state index contributed by atoms with van der Waals surface area (Å²) in [5.74, 6) is 1.46. The SMILES string of the molecule is Cc1cc(/C=N\NC(=O)[C@@H]2COc3ccccc3O2)c(C)n1CC(C)C. The van der Waals surface area contributed by atoms with E-state index in [9.17, 15) is 4.79 Å². The van der Waals surface area contributed by atoms with Gasteiger partial charge in [-0.2, -0.15) is 5.10 Å². The minimum Gasteiger partial charge on any atom is -0.485 e. The molecule has 138 valence electrons. The molecular weight excluding hydrogens is 330 g/mol. The Hall–Kier alpha value is -2.76. The maximum Gasteiger partial charge on any atom is 0.284 e. The van der Waals surface area contributed by atoms with Gasteiger partial charge in [-0.1, -0.05) is 26.0 Å². The van der Waals surface area contributed by atoms with Gasteiger partial charge < -0.3 is 14.0 Å². The van der Waals surface area contributed by atoms with Crippen LogP contribution >= 0.6 is 0 Å². The van der Waals surface area contributed by atoms with E-state index in [1.54, 1.807) is 12.3 Å². The Labute approximate surface area is 153 Å². The Bertz CT molecular complexity index is 824. The molecular formula is C20H25N3O3. The van der Waals surface area contributed by atoms with E-state index in [2.05, 4.69) is 48.9 Å². The number of benzene rings is 1. The van der Waals surface area contributed by atoms with Gasteiger partial charge in [0.1, 0.15) is 6.61 Å². The molecule has 0 bridgehead atoms. The van der Waals surface area contributed by atoms with Crippen molar-refractivity contribution in [2.75, 3.05) is 6.61 Å². The Balaban J connectivity index is 1.62. The summed E-state index contributed by atoms with van der Waals surface area (Å²) in [6.07, 6.45) is 0.963. The van der Waals surface area contributed by atoms with Crippen molar-refractivity contribution in [1.29, 1.82) is 0 Å². The normalized spacial score (nSPS) is 16.3. The number of carbonyl (C=O) groups is 1. The van der Waals surface area contributed by atoms with Gasteiger partial charge in [-0.3, -0.25) is 4.79 Å². The van der Waals surface area contributed by atoms with Gasteiger partial charge in [-0.25, -0.2) is 5.43 Å². The second-order valence-electron chi connectivity index (χ2n) is 6.93. The standard InChI is InChI=1S/C20H25N3O3/c1-13(2)11-23-14(3)9-16(15(23)4)10-21-22-20(24)19-12-25-17-7-5-6-8-18(17)26-19/h5-10,13,19H,11-12H2,1-4H3,(H,22,24)/b21-10-/t19-/m0/s1. The van der Waals surface area contributed by atoms with Crippen LogP contribution in [-0.2, 0) is 11.3 Å². The number of ether oxygens (including phenoxy) is 2. The number of aromatic nitrogens is 1. The van der Waals surface area contributed by atoms with E-state index in [1.807, 2.05) is 18.2 Å². The Kier molecular flexibility index (Phi) is 5.30. The zero-order valence-electron chi connectivity index (χ0n) is 15.7. The first-order valence-electron chi connectivity index (χ1n) is 8.84. The highest BCUT2D eigenvalue weighted by molar-refractivity contribution is 5.85. The Morgan fingerprint density at radius 2 is 2.08 bits per heavy atom. The number of nitrogens with one attached hydrogen (secondary N) is 1. The maximum atomic E-state index is 12.3. The summed E-state index contributed by atoms with van der Waals surface area (Å²) in [6.45, 7) is 9.66. The molecule has 0 saturated heterocycles. The van der Waals surface area contributed by atoms with Gasteiger partial charge in [-0.05, 0) is 38.0 Å². The summed E-state index contributed by atoms with van der Waals surface area (Å²) in [6, 6.07) is 9.37. The second-order valence-corrected chi connectivity index (χ2v) is 6.93. The lowest BCUT2D eigenvalue weighted by molar-refractivity contribution is -0.130. The minimum absolute atomic E-state index is 0.168. The van der Waals surface area contributed by atoms with Crippen LogP contribution in [-0.4, -0.2) is 29.4 Å². The van der Waals surface area contributed by atoms with Crippen LogP contribution < -0.4 is 14.9 Å². The zero-order chi connectivity index (χ0) is 18.7. The maximum absolute atomic E-state index is 12.3. The first-order chi connectivity index (χ1) is 12.5. The first kappa shape index (κ1) is 18.0. The average Bonchev–Trinajstić information content (AvgIpc) is 2.88. The van der Waals surface area contributed by atoms with Crippen LogP contribution in [0.3, 0.4) is 0 Å². The fraction of sp³-hybridized carbons (Fsp3) is 0.400. The average molecular weight is 355 g/mol. The van der Waals surface area contributed by atoms with Gasteiger partial charge in [-0.15, -0.1) is 0 Å². The number of hydrazone groups is 1. The summed E-state index contributed by atoms with van der Waals surface area (Å²) in [5.41, 5.74) is 5.86. The molecule has 2 aromatic rings. The number of hydrogen-bond donors (Lipinski definition) is 1. The van der Waals surface area contributed by atoms with E-state index in [4.69, 9.17) is 9.47 Å². The van der Waals surface area contributed by atoms with Gasteiger partial charge >= 0.3 is 0 Å². The first-order valence-corrected chi connectivity index (χ1v) is 8.84. The number of fused-ring (bicyclic) bond motifs is 1. The topological polar surface area (TPSA) is 64.8 Å². The van der Waals surface area contributed by atoms with Crippen molar-refractivity contribution in [3.05, 3.63) is 47.3 Å². The fourth-order valence-corrected chi connectivity index (χ4v) is 2.99. The molecule has 1 aromatic heterocycles. The van der Waals surface area contributed by atoms with Crippen LogP contribution in [0.15, 0.2) is 35.4 Å². The highest BCUT2D eigenvalue weighted by Crippen LogP contribution is 2.30. The third-order valence-corrected chi connectivity index (χ3v) is 4.34. The fourth-order valence-electron chi connectivity index (χ4n) is 2.99. The quantitative estimate of drug-likeness (QED) is 0.662. The number of para-hydroxylation sites is 2. The van der Waals surface area contributed by atoms with E-state index >= 15 is 0 Å². The van der Waals surface area contributed by atoms with E-state index < -0.39 is 6.10 Å². The Morgan fingerprint density at radius 3 is 2.81 bits per heavy atom. The Morgan fingerprint density at radius 1 is 1.35 bits per heavy atom. The van der Waals surface area contributed by atoms with Crippen LogP contribution in [0.4, 0.5) is 0 Å². The molecule has 2 heterocycles. The molecule has 1 amide bonds. The largest absolute Gasteiger partial charge is 0.485 e. The predicted octanol–water partition coefficient (Wildman–Crippen LogP) is 3.05. The molecule has 0 spiro atoms. The minimum atomic E-state index is -0.713. The van der Waals surface area contributed by atoms with Crippen molar-refractivity contribution in [2.45, 2.75) is 40.3 Å². The molecule has 1 aliphatic rings. The van der Waals surface area contributed by atoms with Crippen LogP contribution in [0.25, 0.3) is 0 Å². The van der Waals surface area contributed by atoms with Gasteiger partial charge in [0.15, 0.2) is 11.5 Å². The molecule has 6 nitrogen and oxygen atoms in total. The highest BCUT2D eigenvalue weighted by atomic mass is 16.6. The molecule has 6 heteroatoms. The molecule has 0 unspecified atom stereocenters. The van der Waals surface area contributed by atoms with E-state index in [1.165, 1.54) is 5.69 Å². The summed E-state index contributed by atoms with van der Waals surface area (Å²) in [4.78, 5) is 12.3. The van der Waals surface area contributed by atoms with Crippen molar-refractivity contribution in [3.8, 4) is 11.5 Å². The van der Waals surface area contributed by atoms with Crippen molar-refractivity contribution < 1.29 is 14.3 Å². The number of carbonyl (C=O) groups excluding carboxylic acids is 1. The van der Waals surface area contributed by atoms with Crippen molar-refractivity contribution in [2.24, 2.45) is 11.0 Å². The molecule has 1 atom stereocenters. The van der Waals surface area contributed by atoms with Gasteiger partial charge in [0.2, 0.25) is 6.10 Å².